The van der Waals surface area contributed by atoms with Gasteiger partial charge in [0.1, 0.15) is 5.75 Å². The van der Waals surface area contributed by atoms with Gasteiger partial charge in [-0.05, 0) is 29.7 Å². The maximum atomic E-state index is 12.4. The second kappa shape index (κ2) is 5.88. The van der Waals surface area contributed by atoms with Crippen LogP contribution in [-0.2, 0) is 6.42 Å². The Morgan fingerprint density at radius 2 is 1.81 bits per heavy atom. The second-order valence-electron chi connectivity index (χ2n) is 4.53. The molecule has 0 heterocycles. The molecule has 0 saturated heterocycles. The predicted octanol–water partition coefficient (Wildman–Crippen LogP) is 4.63. The molecule has 0 spiro atoms. The molecule has 0 N–H and O–H groups in total. The van der Waals surface area contributed by atoms with Gasteiger partial charge in [-0.3, -0.25) is 0 Å². The van der Waals surface area contributed by atoms with E-state index < -0.39 is 6.36 Å². The van der Waals surface area contributed by atoms with Crippen LogP contribution >= 0.6 is 0 Å². The van der Waals surface area contributed by atoms with Crippen LogP contribution in [0.3, 0.4) is 0 Å². The largest absolute Gasteiger partial charge is 0.573 e. The van der Waals surface area contributed by atoms with Crippen LogP contribution in [0, 0.1) is 18.3 Å². The Hall–Kier alpha value is -2.48. The van der Waals surface area contributed by atoms with Crippen molar-refractivity contribution in [3.05, 3.63) is 53.6 Å². The zero-order chi connectivity index (χ0) is 15.5. The quantitative estimate of drug-likeness (QED) is 0.826. The maximum Gasteiger partial charge on any atom is 0.573 e. The number of nitrogens with zero attached hydrogens (tertiary/aromatic N) is 1. The summed E-state index contributed by atoms with van der Waals surface area (Å²) in [6.07, 6.45) is -4.47. The Morgan fingerprint density at radius 3 is 2.43 bits per heavy atom. The highest BCUT2D eigenvalue weighted by atomic mass is 19.4. The first kappa shape index (κ1) is 14.9. The predicted molar refractivity (Wildman–Crippen MR) is 72.6 cm³/mol. The van der Waals surface area contributed by atoms with E-state index in [1.807, 2.05) is 6.07 Å². The first-order valence-corrected chi connectivity index (χ1v) is 6.22. The molecular weight excluding hydrogens is 279 g/mol. The number of para-hydroxylation sites is 1. The van der Waals surface area contributed by atoms with Gasteiger partial charge in [0.25, 0.3) is 0 Å². The zero-order valence-electron chi connectivity index (χ0n) is 11.2. The lowest BCUT2D eigenvalue weighted by molar-refractivity contribution is -0.274. The molecule has 2 aromatic rings. The van der Waals surface area contributed by atoms with Gasteiger partial charge in [-0.2, -0.15) is 5.26 Å². The van der Waals surface area contributed by atoms with Crippen molar-refractivity contribution in [3.63, 3.8) is 0 Å². The highest BCUT2D eigenvalue weighted by Crippen LogP contribution is 2.35. The lowest BCUT2D eigenvalue weighted by Gasteiger charge is -2.15. The fraction of sp³-hybridized carbons (Fsp3) is 0.188. The summed E-state index contributed by atoms with van der Waals surface area (Å²) in [5.41, 5.74) is 2.64. The Bertz CT molecular complexity index is 687. The average molecular weight is 291 g/mol. The number of rotatable bonds is 3. The standard InChI is InChI=1S/C16H12F3NO/c1-11-10-12(8-9-20)6-7-13(11)14-4-2-3-5-15(14)21-16(17,18)19/h2-7,10H,8H2,1H3. The van der Waals surface area contributed by atoms with Gasteiger partial charge in [-0.25, -0.2) is 0 Å². The summed E-state index contributed by atoms with van der Waals surface area (Å²) in [5, 5.41) is 8.67. The molecule has 0 amide bonds. The van der Waals surface area contributed by atoms with Crippen LogP contribution < -0.4 is 4.74 Å². The van der Waals surface area contributed by atoms with Crippen LogP contribution in [0.2, 0.25) is 0 Å². The molecule has 21 heavy (non-hydrogen) atoms. The molecular formula is C16H12F3NO. The summed E-state index contributed by atoms with van der Waals surface area (Å²) in [6, 6.07) is 13.3. The molecule has 0 bridgehead atoms. The molecule has 0 aliphatic carbocycles. The number of benzene rings is 2. The molecule has 0 fully saturated rings. The van der Waals surface area contributed by atoms with Gasteiger partial charge in [0.2, 0.25) is 0 Å². The molecule has 0 aliphatic heterocycles. The van der Waals surface area contributed by atoms with Gasteiger partial charge >= 0.3 is 6.36 Å². The van der Waals surface area contributed by atoms with Crippen LogP contribution in [0.25, 0.3) is 11.1 Å². The zero-order valence-corrected chi connectivity index (χ0v) is 11.2. The fourth-order valence-corrected chi connectivity index (χ4v) is 2.13. The SMILES string of the molecule is Cc1cc(CC#N)ccc1-c1ccccc1OC(F)(F)F. The summed E-state index contributed by atoms with van der Waals surface area (Å²) in [6.45, 7) is 1.79. The van der Waals surface area contributed by atoms with E-state index in [1.165, 1.54) is 12.1 Å². The molecule has 2 rings (SSSR count). The van der Waals surface area contributed by atoms with Crippen LogP contribution in [-0.4, -0.2) is 6.36 Å². The molecule has 0 aromatic heterocycles. The lowest BCUT2D eigenvalue weighted by atomic mass is 9.97. The summed E-state index contributed by atoms with van der Waals surface area (Å²) < 4.78 is 41.4. The first-order chi connectivity index (χ1) is 9.90. The molecule has 108 valence electrons. The van der Waals surface area contributed by atoms with Crippen molar-refractivity contribution in [1.29, 1.82) is 5.26 Å². The number of nitriles is 1. The van der Waals surface area contributed by atoms with Crippen molar-refractivity contribution in [2.24, 2.45) is 0 Å². The van der Waals surface area contributed by atoms with Crippen LogP contribution in [0.4, 0.5) is 13.2 Å². The smallest absolute Gasteiger partial charge is 0.405 e. The summed E-state index contributed by atoms with van der Waals surface area (Å²) >= 11 is 0. The fourth-order valence-electron chi connectivity index (χ4n) is 2.13. The molecule has 2 nitrogen and oxygen atoms in total. The van der Waals surface area contributed by atoms with E-state index in [0.29, 0.717) is 11.1 Å². The summed E-state index contributed by atoms with van der Waals surface area (Å²) in [4.78, 5) is 0. The maximum absolute atomic E-state index is 12.4. The van der Waals surface area contributed by atoms with E-state index in [-0.39, 0.29) is 12.2 Å². The van der Waals surface area contributed by atoms with E-state index in [2.05, 4.69) is 4.74 Å². The third-order valence-corrected chi connectivity index (χ3v) is 2.98. The normalized spacial score (nSPS) is 11.0. The topological polar surface area (TPSA) is 33.0 Å². The van der Waals surface area contributed by atoms with Gasteiger partial charge in [0, 0.05) is 5.56 Å². The van der Waals surface area contributed by atoms with Crippen molar-refractivity contribution in [2.45, 2.75) is 19.7 Å². The van der Waals surface area contributed by atoms with E-state index in [1.54, 1.807) is 37.3 Å². The molecule has 5 heteroatoms. The number of ether oxygens (including phenoxy) is 1. The molecule has 0 aliphatic rings. The minimum atomic E-state index is -4.73. The number of aryl methyl sites for hydroxylation is 1. The summed E-state index contributed by atoms with van der Waals surface area (Å²) in [7, 11) is 0. The average Bonchev–Trinajstić information content (AvgIpc) is 2.39. The van der Waals surface area contributed by atoms with E-state index in [9.17, 15) is 13.2 Å². The van der Waals surface area contributed by atoms with Crippen molar-refractivity contribution in [3.8, 4) is 22.9 Å². The third kappa shape index (κ3) is 3.76. The van der Waals surface area contributed by atoms with E-state index in [0.717, 1.165) is 11.1 Å². The minimum Gasteiger partial charge on any atom is -0.405 e. The Balaban J connectivity index is 2.45. The van der Waals surface area contributed by atoms with E-state index >= 15 is 0 Å². The molecule has 0 atom stereocenters. The first-order valence-electron chi connectivity index (χ1n) is 6.22. The van der Waals surface area contributed by atoms with Crippen LogP contribution in [0.15, 0.2) is 42.5 Å². The number of halogens is 3. The van der Waals surface area contributed by atoms with E-state index in [4.69, 9.17) is 5.26 Å². The minimum absolute atomic E-state index is 0.235. The molecule has 0 saturated carbocycles. The third-order valence-electron chi connectivity index (χ3n) is 2.98. The van der Waals surface area contributed by atoms with Gasteiger partial charge in [0.05, 0.1) is 12.5 Å². The Kier molecular flexibility index (Phi) is 4.18. The van der Waals surface area contributed by atoms with Crippen molar-refractivity contribution in [2.75, 3.05) is 0 Å². The van der Waals surface area contributed by atoms with Gasteiger partial charge in [-0.15, -0.1) is 13.2 Å². The lowest BCUT2D eigenvalue weighted by Crippen LogP contribution is -2.17. The number of hydrogen-bond donors (Lipinski definition) is 0. The van der Waals surface area contributed by atoms with Crippen molar-refractivity contribution in [1.82, 2.24) is 0 Å². The van der Waals surface area contributed by atoms with Crippen molar-refractivity contribution < 1.29 is 17.9 Å². The number of alkyl halides is 3. The van der Waals surface area contributed by atoms with Gasteiger partial charge in [-0.1, -0.05) is 36.4 Å². The highest BCUT2D eigenvalue weighted by molar-refractivity contribution is 5.73. The van der Waals surface area contributed by atoms with Gasteiger partial charge < -0.3 is 4.74 Å². The van der Waals surface area contributed by atoms with Crippen LogP contribution in [0.1, 0.15) is 11.1 Å². The molecule has 2 aromatic carbocycles. The summed E-state index contributed by atoms with van der Waals surface area (Å²) in [5.74, 6) is -0.235. The monoisotopic (exact) mass is 291 g/mol. The second-order valence-corrected chi connectivity index (χ2v) is 4.53. The van der Waals surface area contributed by atoms with Gasteiger partial charge in [0.15, 0.2) is 0 Å². The van der Waals surface area contributed by atoms with Crippen molar-refractivity contribution >= 4 is 0 Å². The highest BCUT2D eigenvalue weighted by Gasteiger charge is 2.32. The van der Waals surface area contributed by atoms with Crippen LogP contribution in [0.5, 0.6) is 5.75 Å². The number of hydrogen-bond acceptors (Lipinski definition) is 2. The molecule has 0 radical (unpaired) electrons. The molecule has 0 unspecified atom stereocenters. The Labute approximate surface area is 120 Å². The Morgan fingerprint density at radius 1 is 1.10 bits per heavy atom.